The van der Waals surface area contributed by atoms with E-state index in [4.69, 9.17) is 5.11 Å². The number of aliphatic hydroxyl groups is 1. The molecule has 0 bridgehead atoms. The summed E-state index contributed by atoms with van der Waals surface area (Å²) in [4.78, 5) is 11.0. The highest BCUT2D eigenvalue weighted by Crippen LogP contribution is 2.30. The fourth-order valence-electron chi connectivity index (χ4n) is 2.90. The Morgan fingerprint density at radius 2 is 1.68 bits per heavy atom. The van der Waals surface area contributed by atoms with Gasteiger partial charge in [0.1, 0.15) is 0 Å². The second kappa shape index (κ2) is 8.79. The molecule has 0 spiro atoms. The molecule has 0 unspecified atom stereocenters. The second-order valence-electron chi connectivity index (χ2n) is 6.75. The number of nitrogens with one attached hydrogen (secondary N) is 1. The monoisotopic (exact) mass is 307 g/mol. The molecule has 1 aromatic carbocycles. The van der Waals surface area contributed by atoms with Crippen molar-refractivity contribution in [1.82, 2.24) is 5.32 Å². The van der Waals surface area contributed by atoms with Crippen molar-refractivity contribution in [1.29, 1.82) is 0 Å². The van der Waals surface area contributed by atoms with Gasteiger partial charge in [-0.25, -0.2) is 4.79 Å². The van der Waals surface area contributed by atoms with E-state index < -0.39 is 18.2 Å². The number of carbonyl (C=O) groups is 1. The third kappa shape index (κ3) is 6.06. The Labute approximate surface area is 133 Å². The van der Waals surface area contributed by atoms with Crippen molar-refractivity contribution < 1.29 is 15.0 Å². The van der Waals surface area contributed by atoms with E-state index in [1.807, 2.05) is 32.0 Å². The smallest absolute Gasteiger partial charge is 0.404 e. The molecule has 1 amide bonds. The zero-order valence-electron chi connectivity index (χ0n) is 14.0. The SMILES string of the molecule is CC(C)C[C@H](NC(=O)O)[C@H](O)C[C@H](c1ccccc1)C(C)C. The molecule has 0 fully saturated rings. The first kappa shape index (κ1) is 18.5. The van der Waals surface area contributed by atoms with Crippen molar-refractivity contribution in [3.8, 4) is 0 Å². The summed E-state index contributed by atoms with van der Waals surface area (Å²) in [5.74, 6) is 0.906. The Kier molecular flexibility index (Phi) is 7.39. The van der Waals surface area contributed by atoms with E-state index in [0.717, 1.165) is 0 Å². The fourth-order valence-corrected chi connectivity index (χ4v) is 2.90. The van der Waals surface area contributed by atoms with Crippen LogP contribution in [0.1, 0.15) is 52.0 Å². The van der Waals surface area contributed by atoms with E-state index in [2.05, 4.69) is 31.3 Å². The highest BCUT2D eigenvalue weighted by atomic mass is 16.4. The van der Waals surface area contributed by atoms with E-state index in [0.29, 0.717) is 24.7 Å². The zero-order valence-corrected chi connectivity index (χ0v) is 14.0. The van der Waals surface area contributed by atoms with Crippen LogP contribution in [0.3, 0.4) is 0 Å². The molecule has 3 atom stereocenters. The predicted octanol–water partition coefficient (Wildman–Crippen LogP) is 3.86. The summed E-state index contributed by atoms with van der Waals surface area (Å²) in [5.41, 5.74) is 1.19. The summed E-state index contributed by atoms with van der Waals surface area (Å²) < 4.78 is 0. The Hall–Kier alpha value is -1.55. The topological polar surface area (TPSA) is 69.6 Å². The van der Waals surface area contributed by atoms with Crippen LogP contribution in [0.5, 0.6) is 0 Å². The summed E-state index contributed by atoms with van der Waals surface area (Å²) in [7, 11) is 0. The Balaban J connectivity index is 2.83. The molecular formula is C18H29NO3. The number of amides is 1. The number of benzene rings is 1. The van der Waals surface area contributed by atoms with Gasteiger partial charge in [0.05, 0.1) is 12.1 Å². The van der Waals surface area contributed by atoms with E-state index >= 15 is 0 Å². The third-order valence-corrected chi connectivity index (χ3v) is 4.03. The van der Waals surface area contributed by atoms with Gasteiger partial charge in [0.15, 0.2) is 0 Å². The van der Waals surface area contributed by atoms with E-state index in [-0.39, 0.29) is 5.92 Å². The maximum absolute atomic E-state index is 11.0. The molecule has 0 aliphatic heterocycles. The van der Waals surface area contributed by atoms with Gasteiger partial charge in [0.25, 0.3) is 0 Å². The van der Waals surface area contributed by atoms with Gasteiger partial charge in [-0.15, -0.1) is 0 Å². The number of hydrogen-bond acceptors (Lipinski definition) is 2. The normalized spacial score (nSPS) is 15.6. The molecule has 0 aliphatic rings. The van der Waals surface area contributed by atoms with Crippen LogP contribution >= 0.6 is 0 Å². The van der Waals surface area contributed by atoms with Crippen LogP contribution in [0.4, 0.5) is 4.79 Å². The fraction of sp³-hybridized carbons (Fsp3) is 0.611. The third-order valence-electron chi connectivity index (χ3n) is 4.03. The second-order valence-corrected chi connectivity index (χ2v) is 6.75. The van der Waals surface area contributed by atoms with E-state index in [1.54, 1.807) is 0 Å². The first-order chi connectivity index (χ1) is 10.3. The molecule has 124 valence electrons. The molecule has 0 aliphatic carbocycles. The lowest BCUT2D eigenvalue weighted by Crippen LogP contribution is -2.44. The molecule has 4 nitrogen and oxygen atoms in total. The van der Waals surface area contributed by atoms with Crippen molar-refractivity contribution in [2.45, 2.75) is 58.6 Å². The maximum atomic E-state index is 11.0. The predicted molar refractivity (Wildman–Crippen MR) is 89.0 cm³/mol. The molecule has 1 aromatic rings. The van der Waals surface area contributed by atoms with Crippen molar-refractivity contribution in [2.75, 3.05) is 0 Å². The van der Waals surface area contributed by atoms with Crippen molar-refractivity contribution in [3.05, 3.63) is 35.9 Å². The Morgan fingerprint density at radius 1 is 1.09 bits per heavy atom. The van der Waals surface area contributed by atoms with Gasteiger partial charge in [0, 0.05) is 0 Å². The van der Waals surface area contributed by atoms with Crippen LogP contribution in [-0.2, 0) is 0 Å². The van der Waals surface area contributed by atoms with Gasteiger partial charge in [-0.05, 0) is 36.2 Å². The molecular weight excluding hydrogens is 278 g/mol. The summed E-state index contributed by atoms with van der Waals surface area (Å²) in [5, 5.41) is 22.0. The van der Waals surface area contributed by atoms with Crippen molar-refractivity contribution >= 4 is 6.09 Å². The minimum atomic E-state index is -1.08. The van der Waals surface area contributed by atoms with Gasteiger partial charge in [-0.2, -0.15) is 0 Å². The van der Waals surface area contributed by atoms with Gasteiger partial charge in [0.2, 0.25) is 0 Å². The van der Waals surface area contributed by atoms with Gasteiger partial charge >= 0.3 is 6.09 Å². The van der Waals surface area contributed by atoms with Gasteiger partial charge < -0.3 is 15.5 Å². The first-order valence-electron chi connectivity index (χ1n) is 8.03. The molecule has 0 saturated carbocycles. The molecule has 3 N–H and O–H groups in total. The quantitative estimate of drug-likeness (QED) is 0.683. The van der Waals surface area contributed by atoms with Crippen LogP contribution in [0, 0.1) is 11.8 Å². The molecule has 0 radical (unpaired) electrons. The molecule has 0 saturated heterocycles. The zero-order chi connectivity index (χ0) is 16.7. The maximum Gasteiger partial charge on any atom is 0.404 e. The van der Waals surface area contributed by atoms with Crippen LogP contribution in [0.25, 0.3) is 0 Å². The summed E-state index contributed by atoms with van der Waals surface area (Å²) in [6.45, 7) is 8.32. The first-order valence-corrected chi connectivity index (χ1v) is 8.03. The minimum absolute atomic E-state index is 0.210. The minimum Gasteiger partial charge on any atom is -0.465 e. The van der Waals surface area contributed by atoms with Gasteiger partial charge in [-0.3, -0.25) is 0 Å². The number of aliphatic hydroxyl groups excluding tert-OH is 1. The molecule has 0 aromatic heterocycles. The molecule has 4 heteroatoms. The van der Waals surface area contributed by atoms with Crippen LogP contribution in [0.15, 0.2) is 30.3 Å². The van der Waals surface area contributed by atoms with Gasteiger partial charge in [-0.1, -0.05) is 58.0 Å². The largest absolute Gasteiger partial charge is 0.465 e. The Bertz CT molecular complexity index is 445. The lowest BCUT2D eigenvalue weighted by atomic mass is 9.82. The standard InChI is InChI=1S/C18H29NO3/c1-12(2)10-16(19-18(21)22)17(20)11-15(13(3)4)14-8-6-5-7-9-14/h5-9,12-13,15-17,19-20H,10-11H2,1-4H3,(H,21,22)/t15-,16-,17+/m0/s1. The summed E-state index contributed by atoms with van der Waals surface area (Å²) >= 11 is 0. The molecule has 1 rings (SSSR count). The van der Waals surface area contributed by atoms with Crippen molar-refractivity contribution in [3.63, 3.8) is 0 Å². The van der Waals surface area contributed by atoms with Crippen LogP contribution in [0.2, 0.25) is 0 Å². The number of rotatable bonds is 8. The lowest BCUT2D eigenvalue weighted by molar-refractivity contribution is 0.0915. The molecule has 0 heterocycles. The number of carboxylic acid groups (broad SMARTS) is 1. The average molecular weight is 307 g/mol. The molecule has 22 heavy (non-hydrogen) atoms. The number of hydrogen-bond donors (Lipinski definition) is 3. The van der Waals surface area contributed by atoms with E-state index in [1.165, 1.54) is 5.56 Å². The van der Waals surface area contributed by atoms with Crippen LogP contribution < -0.4 is 5.32 Å². The highest BCUT2D eigenvalue weighted by Gasteiger charge is 2.27. The summed E-state index contributed by atoms with van der Waals surface area (Å²) in [6.07, 6.45) is -0.580. The lowest BCUT2D eigenvalue weighted by Gasteiger charge is -2.30. The summed E-state index contributed by atoms with van der Waals surface area (Å²) in [6, 6.07) is 9.68. The van der Waals surface area contributed by atoms with Crippen molar-refractivity contribution in [2.24, 2.45) is 11.8 Å². The Morgan fingerprint density at radius 3 is 2.14 bits per heavy atom. The van der Waals surface area contributed by atoms with E-state index in [9.17, 15) is 9.90 Å². The average Bonchev–Trinajstić information content (AvgIpc) is 2.43. The van der Waals surface area contributed by atoms with Crippen LogP contribution in [-0.4, -0.2) is 28.5 Å². The highest BCUT2D eigenvalue weighted by molar-refractivity contribution is 5.64.